The van der Waals surface area contributed by atoms with E-state index in [2.05, 4.69) is 335 Å². The second kappa shape index (κ2) is 21.5. The van der Waals surface area contributed by atoms with Gasteiger partial charge in [-0.05, 0) is 164 Å². The van der Waals surface area contributed by atoms with Gasteiger partial charge in [0.05, 0.1) is 66.9 Å². The van der Waals surface area contributed by atoms with Gasteiger partial charge in [0.2, 0.25) is 0 Å². The van der Waals surface area contributed by atoms with Crippen molar-refractivity contribution >= 4 is 111 Å². The van der Waals surface area contributed by atoms with Crippen LogP contribution in [0.2, 0.25) is 0 Å². The van der Waals surface area contributed by atoms with Gasteiger partial charge < -0.3 is 9.13 Å². The highest BCUT2D eigenvalue weighted by molar-refractivity contribution is 6.95. The number of fused-ring (bicyclic) bond motifs is 12. The van der Waals surface area contributed by atoms with E-state index in [1.54, 1.807) is 0 Å². The van der Waals surface area contributed by atoms with E-state index >= 15 is 0 Å². The Morgan fingerprint density at radius 3 is 0.957 bits per heavy atom. The highest BCUT2D eigenvalue weighted by Gasteiger charge is 2.30. The lowest BCUT2D eigenvalue weighted by Gasteiger charge is -2.20. The third kappa shape index (κ3) is 9.19. The van der Waals surface area contributed by atoms with Crippen molar-refractivity contribution in [3.8, 4) is 45.8 Å². The fourth-order valence-electron chi connectivity index (χ4n) is 15.1. The van der Waals surface area contributed by atoms with Crippen molar-refractivity contribution in [1.82, 2.24) is 38.2 Å². The van der Waals surface area contributed by atoms with Crippen LogP contribution in [0, 0.1) is 20.8 Å². The maximum atomic E-state index is 5.63. The molecule has 9 heteroatoms. The van der Waals surface area contributed by atoms with Crippen molar-refractivity contribution in [1.29, 1.82) is 0 Å². The third-order valence-corrected chi connectivity index (χ3v) is 19.5. The first-order chi connectivity index (χ1) is 45.6. The number of pyridine rings is 4. The van der Waals surface area contributed by atoms with E-state index in [1.807, 2.05) is 0 Å². The molecule has 0 aliphatic heterocycles. The van der Waals surface area contributed by atoms with Gasteiger partial charge in [0.15, 0.2) is 0 Å². The van der Waals surface area contributed by atoms with E-state index in [9.17, 15) is 0 Å². The molecule has 94 heavy (non-hydrogen) atoms. The highest BCUT2D eigenvalue weighted by atomic mass is 15.1. The van der Waals surface area contributed by atoms with Gasteiger partial charge in [-0.15, -0.1) is 0 Å². The summed E-state index contributed by atoms with van der Waals surface area (Å²) >= 11 is 0. The molecule has 8 heterocycles. The summed E-state index contributed by atoms with van der Waals surface area (Å²) in [7, 11) is 0. The average Bonchev–Trinajstić information content (AvgIpc) is 1.56. The molecule has 0 saturated carbocycles. The van der Waals surface area contributed by atoms with Crippen molar-refractivity contribution in [3.05, 3.63) is 283 Å². The molecule has 452 valence electrons. The van der Waals surface area contributed by atoms with E-state index in [0.29, 0.717) is 0 Å². The SMILES string of the molecule is Cc1cc(C)c(B(c2cccc(-c3cccc(-n4c5ccccc5c5cc6c7ccccc7n(-c7ccc(C(C)(C)C)cc7)c6cc54)n3)n2)c2cccc(-c3cccc(-n4c5ccccc5c5cc6c7ccccc7n(-c7ccc(C(C)(C)C)cc7)c6cc54)n3)n2)c(C)c1. The maximum Gasteiger partial charge on any atom is 0.288 e. The van der Waals surface area contributed by atoms with Crippen molar-refractivity contribution in [3.63, 3.8) is 0 Å². The molecule has 0 fully saturated rings. The largest absolute Gasteiger partial charge is 0.309 e. The molecule has 0 spiro atoms. The zero-order valence-corrected chi connectivity index (χ0v) is 54.4. The van der Waals surface area contributed by atoms with Crippen LogP contribution in [0.3, 0.4) is 0 Å². The average molecular weight is 1210 g/mol. The molecule has 0 aliphatic rings. The van der Waals surface area contributed by atoms with Gasteiger partial charge in [0.1, 0.15) is 11.6 Å². The van der Waals surface area contributed by atoms with Crippen LogP contribution >= 0.6 is 0 Å². The zero-order valence-electron chi connectivity index (χ0n) is 54.4. The summed E-state index contributed by atoms with van der Waals surface area (Å²) in [5, 5.41) is 9.58. The maximum absolute atomic E-state index is 5.63. The summed E-state index contributed by atoms with van der Waals surface area (Å²) in [5.74, 6) is 1.63. The quantitative estimate of drug-likeness (QED) is 0.135. The monoisotopic (exact) mass is 1210 g/mol. The molecule has 0 radical (unpaired) electrons. The van der Waals surface area contributed by atoms with E-state index in [1.165, 1.54) is 87.4 Å². The lowest BCUT2D eigenvalue weighted by molar-refractivity contribution is 0.590. The predicted octanol–water partition coefficient (Wildman–Crippen LogP) is 19.0. The van der Waals surface area contributed by atoms with Crippen LogP contribution in [0.4, 0.5) is 0 Å². The molecule has 9 aromatic carbocycles. The van der Waals surface area contributed by atoms with Gasteiger partial charge >= 0.3 is 0 Å². The van der Waals surface area contributed by atoms with Crippen LogP contribution in [0.1, 0.15) is 69.4 Å². The Kier molecular flexibility index (Phi) is 13.0. The number of hydrogen-bond acceptors (Lipinski definition) is 4. The van der Waals surface area contributed by atoms with Crippen molar-refractivity contribution in [2.45, 2.75) is 73.1 Å². The van der Waals surface area contributed by atoms with Gasteiger partial charge in [-0.25, -0.2) is 9.97 Å². The summed E-state index contributed by atoms with van der Waals surface area (Å²) in [5.41, 5.74) is 23.6. The van der Waals surface area contributed by atoms with E-state index in [-0.39, 0.29) is 17.5 Å². The van der Waals surface area contributed by atoms with Crippen molar-refractivity contribution in [2.75, 3.05) is 0 Å². The molecule has 17 aromatic rings. The van der Waals surface area contributed by atoms with Crippen molar-refractivity contribution in [2.24, 2.45) is 0 Å². The van der Waals surface area contributed by atoms with E-state index in [0.717, 1.165) is 90.1 Å². The molecule has 8 aromatic heterocycles. The summed E-state index contributed by atoms with van der Waals surface area (Å²) in [6.07, 6.45) is 0. The molecule has 0 unspecified atom stereocenters. The van der Waals surface area contributed by atoms with Crippen LogP contribution in [-0.4, -0.2) is 44.9 Å². The Hall–Kier alpha value is -11.2. The number of hydrogen-bond donors (Lipinski definition) is 0. The normalized spacial score (nSPS) is 12.3. The fraction of sp³-hybridized carbons (Fsp3) is 0.129. The highest BCUT2D eigenvalue weighted by Crippen LogP contribution is 2.42. The van der Waals surface area contributed by atoms with Crippen LogP contribution < -0.4 is 16.6 Å². The lowest BCUT2D eigenvalue weighted by Crippen LogP contribution is -2.56. The first-order valence-electron chi connectivity index (χ1n) is 32.7. The smallest absolute Gasteiger partial charge is 0.288 e. The van der Waals surface area contributed by atoms with Crippen LogP contribution in [0.5, 0.6) is 0 Å². The number of aromatic nitrogens is 8. The third-order valence-electron chi connectivity index (χ3n) is 19.5. The topological polar surface area (TPSA) is 71.3 Å². The summed E-state index contributed by atoms with van der Waals surface area (Å²) in [6, 6.07) is 92.6. The minimum atomic E-state index is -0.320. The molecule has 0 amide bonds. The summed E-state index contributed by atoms with van der Waals surface area (Å²) < 4.78 is 9.50. The number of aryl methyl sites for hydroxylation is 3. The van der Waals surface area contributed by atoms with Crippen LogP contribution in [0.15, 0.2) is 255 Å². The van der Waals surface area contributed by atoms with Gasteiger partial charge in [-0.2, -0.15) is 0 Å². The summed E-state index contributed by atoms with van der Waals surface area (Å²) in [6.45, 7) is 19.9. The molecule has 0 aliphatic carbocycles. The fourth-order valence-corrected chi connectivity index (χ4v) is 15.1. The molecule has 0 bridgehead atoms. The standard InChI is InChI=1S/C85H69BN8/c1-52-46-53(2)83(54(3)47-52)86(79-34-18-26-67(87-79)69-28-20-36-81(89-69)93-73-32-16-12-24-61(73)65-48-63-59-22-10-14-30-71(59)91(75(63)50-77(65)93)57-42-38-55(39-43-57)84(4,5)6)80-35-19-27-68(88-80)70-29-21-37-82(90-70)94-74-33-17-13-25-62(74)66-49-64-60-23-11-15-31-72(60)92(76(64)51-78(66)94)58-44-40-56(41-45-58)85(7,8)9/h10-51H,1-9H3. The molecular formula is C85H69BN8. The first-order valence-corrected chi connectivity index (χ1v) is 32.7. The van der Waals surface area contributed by atoms with Gasteiger partial charge in [-0.1, -0.05) is 197 Å². The molecule has 0 saturated heterocycles. The van der Waals surface area contributed by atoms with Crippen LogP contribution in [-0.2, 0) is 10.8 Å². The number of nitrogens with zero attached hydrogens (tertiary/aromatic N) is 8. The number of benzene rings is 9. The minimum Gasteiger partial charge on any atom is -0.309 e. The van der Waals surface area contributed by atoms with Gasteiger partial charge in [0, 0.05) is 65.7 Å². The van der Waals surface area contributed by atoms with Crippen molar-refractivity contribution < 1.29 is 0 Å². The zero-order chi connectivity index (χ0) is 63.9. The Bertz CT molecular complexity index is 5570. The Labute approximate surface area is 547 Å². The predicted molar refractivity (Wildman–Crippen MR) is 395 cm³/mol. The van der Waals surface area contributed by atoms with E-state index < -0.39 is 0 Å². The minimum absolute atomic E-state index is 0.0430. The second-order valence-corrected chi connectivity index (χ2v) is 27.7. The van der Waals surface area contributed by atoms with Gasteiger partial charge in [0.25, 0.3) is 6.71 Å². The molecule has 8 nitrogen and oxygen atoms in total. The molecule has 17 rings (SSSR count). The van der Waals surface area contributed by atoms with Gasteiger partial charge in [-0.3, -0.25) is 19.1 Å². The number of para-hydroxylation sites is 4. The molecule has 0 atom stereocenters. The Morgan fingerprint density at radius 2 is 0.596 bits per heavy atom. The molecular weight excluding hydrogens is 1140 g/mol. The Balaban J connectivity index is 0.777. The Morgan fingerprint density at radius 1 is 0.277 bits per heavy atom. The molecule has 0 N–H and O–H groups in total. The summed E-state index contributed by atoms with van der Waals surface area (Å²) in [4.78, 5) is 22.4. The first kappa shape index (κ1) is 56.8. The number of rotatable bonds is 9. The van der Waals surface area contributed by atoms with Crippen LogP contribution in [0.25, 0.3) is 133 Å². The second-order valence-electron chi connectivity index (χ2n) is 27.7. The lowest BCUT2D eigenvalue weighted by atomic mass is 9.38. The van der Waals surface area contributed by atoms with E-state index in [4.69, 9.17) is 19.9 Å².